The summed E-state index contributed by atoms with van der Waals surface area (Å²) in [7, 11) is -2.37. The molecule has 0 radical (unpaired) electrons. The lowest BCUT2D eigenvalue weighted by molar-refractivity contribution is -0.143. The van der Waals surface area contributed by atoms with Crippen LogP contribution in [0.1, 0.15) is 72.1 Å². The molecule has 4 fully saturated rings. The summed E-state index contributed by atoms with van der Waals surface area (Å²) in [5.74, 6) is -1.77. The second-order valence-electron chi connectivity index (χ2n) is 17.5. The molecule has 15 nitrogen and oxygen atoms in total. The number of pyridine rings is 1. The first-order valence-corrected chi connectivity index (χ1v) is 23.0. The quantitative estimate of drug-likeness (QED) is 0.124. The van der Waals surface area contributed by atoms with E-state index in [0.29, 0.717) is 56.6 Å². The fourth-order valence-electron chi connectivity index (χ4n) is 8.43. The molecule has 3 saturated carbocycles. The summed E-state index contributed by atoms with van der Waals surface area (Å²) in [5.41, 5.74) is 0.302. The van der Waals surface area contributed by atoms with Gasteiger partial charge in [0.15, 0.2) is 11.3 Å². The fraction of sp³-hybridized carbons (Fsp3) is 0.477. The number of amides is 4. The molecule has 2 aromatic carbocycles. The second kappa shape index (κ2) is 16.3. The zero-order valence-electron chi connectivity index (χ0n) is 34.5. The smallest absolute Gasteiger partial charge is 0.408 e. The zero-order valence-corrected chi connectivity index (χ0v) is 36.9. The van der Waals surface area contributed by atoms with Crippen molar-refractivity contribution in [2.45, 2.75) is 107 Å². The number of hydrogen-bond acceptors (Lipinski definition) is 11. The molecule has 3 N–H and O–H groups in total. The Hall–Kier alpha value is -5.16. The van der Waals surface area contributed by atoms with Crippen molar-refractivity contribution in [3.63, 3.8) is 0 Å². The summed E-state index contributed by atoms with van der Waals surface area (Å²) >= 11 is 3.67. The Balaban J connectivity index is 1.15. The van der Waals surface area contributed by atoms with E-state index in [1.165, 1.54) is 11.0 Å². The molecule has 3 heterocycles. The van der Waals surface area contributed by atoms with Gasteiger partial charge in [-0.2, -0.15) is 0 Å². The molecule has 324 valence electrons. The Morgan fingerprint density at radius 3 is 2.39 bits per heavy atom. The van der Waals surface area contributed by atoms with Crippen molar-refractivity contribution in [1.29, 1.82) is 0 Å². The van der Waals surface area contributed by atoms with Crippen LogP contribution in [-0.4, -0.2) is 90.9 Å². The van der Waals surface area contributed by atoms with E-state index >= 15 is 0 Å². The summed E-state index contributed by atoms with van der Waals surface area (Å²) in [6, 6.07) is 12.5. The first-order chi connectivity index (χ1) is 29.0. The molecule has 61 heavy (non-hydrogen) atoms. The van der Waals surface area contributed by atoms with E-state index in [0.717, 1.165) is 31.2 Å². The fourth-order valence-corrected chi connectivity index (χ4v) is 10.5. The lowest BCUT2D eigenvalue weighted by atomic mass is 9.85. The van der Waals surface area contributed by atoms with Gasteiger partial charge in [-0.25, -0.2) is 18.2 Å². The standard InChI is InChI=1S/C44H50BrN5O10S/c1-6-25-22-44(25,41(53)49-61(55,56)28-16-17-28)48-39(51)30-20-27(23-50(30)40(52)38(43(2,3)4)47-42(54)59-26-14-10-11-15-26)58-33-21-29(24-12-8-7-9-13-24)46-36-34-31(60-37(33)36)18-19-32(57-5)35(34)45/h6-9,12-13,18-19,21,25-28,30,38H,1,10-11,14-17,20,22-23H2,2-5H3,(H,47,54)(H,48,51)(H,49,53). The lowest BCUT2D eigenvalue weighted by Gasteiger charge is -2.35. The van der Waals surface area contributed by atoms with Crippen LogP contribution < -0.4 is 24.8 Å². The largest absolute Gasteiger partial charge is 0.496 e. The average molecular weight is 921 g/mol. The highest BCUT2D eigenvalue weighted by molar-refractivity contribution is 9.10. The number of nitrogens with zero attached hydrogens (tertiary/aromatic N) is 2. The van der Waals surface area contributed by atoms with Gasteiger partial charge in [0.2, 0.25) is 21.8 Å². The van der Waals surface area contributed by atoms with Crippen LogP contribution in [0.25, 0.3) is 33.3 Å². The Morgan fingerprint density at radius 1 is 1.03 bits per heavy atom. The third-order valence-electron chi connectivity index (χ3n) is 12.1. The van der Waals surface area contributed by atoms with Crippen molar-refractivity contribution in [3.8, 4) is 22.8 Å². The minimum Gasteiger partial charge on any atom is -0.496 e. The Bertz CT molecular complexity index is 2510. The summed E-state index contributed by atoms with van der Waals surface area (Å²) < 4.78 is 52.9. The van der Waals surface area contributed by atoms with Crippen LogP contribution in [0.2, 0.25) is 0 Å². The van der Waals surface area contributed by atoms with Crippen LogP contribution in [0.5, 0.6) is 11.5 Å². The topological polar surface area (TPSA) is 195 Å². The van der Waals surface area contributed by atoms with E-state index in [-0.39, 0.29) is 25.5 Å². The summed E-state index contributed by atoms with van der Waals surface area (Å²) in [6.07, 6.45) is 4.07. The molecule has 1 aliphatic heterocycles. The molecule has 1 saturated heterocycles. The first kappa shape index (κ1) is 42.5. The molecule has 5 unspecified atom stereocenters. The number of fused-ring (bicyclic) bond motifs is 3. The predicted molar refractivity (Wildman–Crippen MR) is 230 cm³/mol. The Morgan fingerprint density at radius 2 is 1.75 bits per heavy atom. The molecule has 4 aliphatic rings. The number of methoxy groups -OCH3 is 1. The Kier molecular flexibility index (Phi) is 11.3. The normalized spacial score (nSPS) is 23.4. The number of likely N-dealkylation sites (tertiary alicyclic amines) is 1. The minimum absolute atomic E-state index is 0.0278. The van der Waals surface area contributed by atoms with Gasteiger partial charge in [0.25, 0.3) is 5.91 Å². The number of hydrogen-bond donors (Lipinski definition) is 3. The van der Waals surface area contributed by atoms with Crippen molar-refractivity contribution in [1.82, 2.24) is 25.2 Å². The van der Waals surface area contributed by atoms with Crippen LogP contribution in [0.15, 0.2) is 70.1 Å². The number of carbonyl (C=O) groups is 4. The van der Waals surface area contributed by atoms with Crippen LogP contribution in [0.4, 0.5) is 4.79 Å². The predicted octanol–water partition coefficient (Wildman–Crippen LogP) is 6.52. The van der Waals surface area contributed by atoms with Crippen molar-refractivity contribution >= 4 is 71.8 Å². The van der Waals surface area contributed by atoms with Crippen molar-refractivity contribution in [3.05, 3.63) is 65.7 Å². The highest BCUT2D eigenvalue weighted by Gasteiger charge is 2.62. The van der Waals surface area contributed by atoms with Crippen LogP contribution >= 0.6 is 15.9 Å². The molecule has 0 bridgehead atoms. The van der Waals surface area contributed by atoms with E-state index < -0.39 is 74.1 Å². The van der Waals surface area contributed by atoms with Gasteiger partial charge >= 0.3 is 6.09 Å². The number of rotatable bonds is 13. The number of carbonyl (C=O) groups excluding carboxylic acids is 4. The zero-order chi connectivity index (χ0) is 43.4. The highest BCUT2D eigenvalue weighted by Crippen LogP contribution is 2.46. The van der Waals surface area contributed by atoms with Gasteiger partial charge in [-0.1, -0.05) is 57.2 Å². The van der Waals surface area contributed by atoms with Gasteiger partial charge in [-0.15, -0.1) is 6.58 Å². The maximum absolute atomic E-state index is 14.8. The number of benzene rings is 2. The average Bonchev–Trinajstić information content (AvgIpc) is 4.04. The lowest BCUT2D eigenvalue weighted by Crippen LogP contribution is -2.60. The number of alkyl carbamates (subject to hydrolysis) is 1. The van der Waals surface area contributed by atoms with Crippen LogP contribution in [0.3, 0.4) is 0 Å². The van der Waals surface area contributed by atoms with Gasteiger partial charge in [0, 0.05) is 24.0 Å². The van der Waals surface area contributed by atoms with E-state index in [1.54, 1.807) is 46.1 Å². The molecule has 8 rings (SSSR count). The third-order valence-corrected chi connectivity index (χ3v) is 14.7. The number of sulfonamides is 1. The maximum Gasteiger partial charge on any atom is 0.408 e. The molecule has 4 amide bonds. The summed E-state index contributed by atoms with van der Waals surface area (Å²) in [4.78, 5) is 62.8. The molecule has 2 aromatic heterocycles. The number of halogens is 1. The van der Waals surface area contributed by atoms with E-state index in [9.17, 15) is 27.6 Å². The molecule has 5 atom stereocenters. The maximum atomic E-state index is 14.8. The molecule has 0 spiro atoms. The van der Waals surface area contributed by atoms with Gasteiger partial charge in [-0.3, -0.25) is 19.1 Å². The summed E-state index contributed by atoms with van der Waals surface area (Å²) in [5, 5.41) is 5.62. The third kappa shape index (κ3) is 8.42. The second-order valence-corrected chi connectivity index (χ2v) is 20.3. The number of furan rings is 1. The van der Waals surface area contributed by atoms with Gasteiger partial charge in [0.05, 0.1) is 34.5 Å². The van der Waals surface area contributed by atoms with Crippen molar-refractivity contribution in [2.75, 3.05) is 13.7 Å². The van der Waals surface area contributed by atoms with E-state index in [2.05, 4.69) is 37.9 Å². The van der Waals surface area contributed by atoms with Crippen LogP contribution in [-0.2, 0) is 29.1 Å². The molecular weight excluding hydrogens is 870 g/mol. The van der Waals surface area contributed by atoms with Crippen molar-refractivity contribution in [2.24, 2.45) is 11.3 Å². The van der Waals surface area contributed by atoms with Crippen molar-refractivity contribution < 1.29 is 46.2 Å². The summed E-state index contributed by atoms with van der Waals surface area (Å²) in [6.45, 7) is 9.12. The van der Waals surface area contributed by atoms with E-state index in [1.807, 2.05) is 30.3 Å². The molecule has 3 aliphatic carbocycles. The van der Waals surface area contributed by atoms with E-state index in [4.69, 9.17) is 23.6 Å². The first-order valence-electron chi connectivity index (χ1n) is 20.6. The number of aromatic nitrogens is 1. The highest BCUT2D eigenvalue weighted by atomic mass is 79.9. The molecular formula is C44H50BrN5O10S. The minimum atomic E-state index is -3.94. The van der Waals surface area contributed by atoms with Crippen LogP contribution in [0, 0.1) is 11.3 Å². The SMILES string of the molecule is C=CC1CC1(NC(=O)C1CC(Oc2cc(-c3ccccc3)nc3c2oc2ccc(OC)c(Br)c23)CN1C(=O)C(NC(=O)OC1CCCC1)C(C)(C)C)C(=O)NS(=O)(=O)C1CC1. The number of ether oxygens (including phenoxy) is 3. The van der Waals surface area contributed by atoms with Gasteiger partial charge in [-0.05, 0) is 78.4 Å². The molecule has 17 heteroatoms. The monoisotopic (exact) mass is 919 g/mol. The number of nitrogens with one attached hydrogen (secondary N) is 3. The Labute approximate surface area is 362 Å². The molecule has 4 aromatic rings. The van der Waals surface area contributed by atoms with Gasteiger partial charge in [0.1, 0.15) is 46.7 Å². The van der Waals surface area contributed by atoms with Gasteiger partial charge < -0.3 is 34.2 Å².